The van der Waals surface area contributed by atoms with E-state index >= 15 is 0 Å². The van der Waals surface area contributed by atoms with E-state index in [2.05, 4.69) is 0 Å². The van der Waals surface area contributed by atoms with Crippen molar-refractivity contribution < 1.29 is 78.3 Å². The fraction of sp³-hybridized carbons (Fsp3) is 0. The first-order chi connectivity index (χ1) is 5.15. The van der Waals surface area contributed by atoms with Crippen LogP contribution in [0.5, 0.6) is 17.2 Å². The van der Waals surface area contributed by atoms with E-state index in [9.17, 15) is 9.90 Å². The minimum atomic E-state index is -0.757. The molecule has 58 valence electrons. The van der Waals surface area contributed by atoms with E-state index in [0.29, 0.717) is 6.29 Å². The number of hydrogen-bond donors (Lipinski definition) is 2. The van der Waals surface area contributed by atoms with E-state index in [1.165, 1.54) is 0 Å². The van der Waals surface area contributed by atoms with E-state index in [-0.39, 0.29) is 63.8 Å². The zero-order valence-corrected chi connectivity index (χ0v) is 11.4. The third kappa shape index (κ3) is 2.55. The Labute approximate surface area is 118 Å². The summed E-state index contributed by atoms with van der Waals surface area (Å²) in [7, 11) is 0. The Morgan fingerprint density at radius 2 is 1.92 bits per heavy atom. The maximum atomic E-state index is 10.7. The van der Waals surface area contributed by atoms with E-state index in [0.717, 1.165) is 12.1 Å². The van der Waals surface area contributed by atoms with E-state index < -0.39 is 17.2 Å². The summed E-state index contributed by atoms with van der Waals surface area (Å²) in [5.74, 6) is -2.05. The van der Waals surface area contributed by atoms with Crippen LogP contribution < -0.4 is 63.3 Å². The van der Waals surface area contributed by atoms with Crippen LogP contribution in [0, 0.1) is 0 Å². The third-order valence-electron chi connectivity index (χ3n) is 1.21. The van der Waals surface area contributed by atoms with Gasteiger partial charge in [0.15, 0.2) is 5.75 Å². The molecular formula is C7H5O4Rb. The summed E-state index contributed by atoms with van der Waals surface area (Å²) >= 11 is 0. The van der Waals surface area contributed by atoms with Gasteiger partial charge in [-0.1, -0.05) is 11.8 Å². The van der Waals surface area contributed by atoms with E-state index in [1.54, 1.807) is 0 Å². The Morgan fingerprint density at radius 3 is 2.33 bits per heavy atom. The average Bonchev–Trinajstić information content (AvgIpc) is 1.99. The number of phenolic OH excluding ortho intramolecular Hbond substituents is 2. The second-order valence-corrected chi connectivity index (χ2v) is 2.00. The summed E-state index contributed by atoms with van der Waals surface area (Å²) in [6.45, 7) is 0. The topological polar surface area (TPSA) is 80.6 Å². The second kappa shape index (κ2) is 4.96. The number of carbonyl (C=O) groups excluding carboxylic acids is 1. The monoisotopic (exact) mass is 238 g/mol. The molecule has 2 N–H and O–H groups in total. The van der Waals surface area contributed by atoms with Gasteiger partial charge in [0.25, 0.3) is 0 Å². The van der Waals surface area contributed by atoms with Gasteiger partial charge in [-0.15, -0.1) is 0 Å². The molecular weight excluding hydrogens is 234 g/mol. The van der Waals surface area contributed by atoms with Gasteiger partial charge in [-0.25, -0.2) is 0 Å². The van der Waals surface area contributed by atoms with Crippen LogP contribution in [0.15, 0.2) is 12.1 Å². The zero-order valence-electron chi connectivity index (χ0n) is 6.44. The van der Waals surface area contributed by atoms with Crippen molar-refractivity contribution in [2.75, 3.05) is 0 Å². The first-order valence-electron chi connectivity index (χ1n) is 2.83. The molecule has 0 saturated heterocycles. The smallest absolute Gasteiger partial charge is 0.870 e. The standard InChI is InChI=1S/C7H6O4.Rb/c8-3-4-1-5(9)7(11)6(10)2-4;/h1-3,9-11H;/q;+1/p-1. The summed E-state index contributed by atoms with van der Waals surface area (Å²) in [4.78, 5) is 10.1. The summed E-state index contributed by atoms with van der Waals surface area (Å²) in [6.07, 6.45) is 0.417. The van der Waals surface area contributed by atoms with Gasteiger partial charge in [-0.05, 0) is 6.07 Å². The predicted octanol–water partition coefficient (Wildman–Crippen LogP) is -3.01. The number of benzene rings is 1. The van der Waals surface area contributed by atoms with E-state index in [4.69, 9.17) is 10.2 Å². The summed E-state index contributed by atoms with van der Waals surface area (Å²) < 4.78 is 0. The van der Waals surface area contributed by atoms with Gasteiger partial charge in [0.1, 0.15) is 12.0 Å². The van der Waals surface area contributed by atoms with Crippen molar-refractivity contribution in [1.29, 1.82) is 0 Å². The maximum absolute atomic E-state index is 10.7. The molecule has 0 bridgehead atoms. The van der Waals surface area contributed by atoms with Crippen LogP contribution in [0.3, 0.4) is 0 Å². The molecule has 0 fully saturated rings. The van der Waals surface area contributed by atoms with Crippen LogP contribution >= 0.6 is 0 Å². The van der Waals surface area contributed by atoms with Crippen molar-refractivity contribution in [1.82, 2.24) is 0 Å². The molecule has 0 spiro atoms. The normalized spacial score (nSPS) is 8.67. The van der Waals surface area contributed by atoms with Crippen molar-refractivity contribution in [2.24, 2.45) is 0 Å². The van der Waals surface area contributed by atoms with Gasteiger partial charge in [-0.3, -0.25) is 4.79 Å². The Balaban J connectivity index is 0.00000121. The van der Waals surface area contributed by atoms with Gasteiger partial charge in [0, 0.05) is 5.56 Å². The van der Waals surface area contributed by atoms with Crippen molar-refractivity contribution in [3.8, 4) is 17.2 Å². The van der Waals surface area contributed by atoms with Crippen LogP contribution in [0.1, 0.15) is 10.4 Å². The number of rotatable bonds is 1. The maximum Gasteiger partial charge on any atom is 1.00 e. The molecule has 0 radical (unpaired) electrons. The molecule has 5 heteroatoms. The molecule has 0 aliphatic carbocycles. The fourth-order valence-corrected chi connectivity index (χ4v) is 0.682. The minimum Gasteiger partial charge on any atom is -0.870 e. The van der Waals surface area contributed by atoms with Gasteiger partial charge in [0.05, 0.1) is 0 Å². The summed E-state index contributed by atoms with van der Waals surface area (Å²) in [5.41, 5.74) is 0.0466. The van der Waals surface area contributed by atoms with Crippen molar-refractivity contribution in [2.45, 2.75) is 0 Å². The molecule has 12 heavy (non-hydrogen) atoms. The molecule has 0 unspecified atom stereocenters. The molecule has 0 aliphatic rings. The number of aromatic hydroxyl groups is 2. The summed E-state index contributed by atoms with van der Waals surface area (Å²) in [6, 6.07) is 1.96. The van der Waals surface area contributed by atoms with Crippen molar-refractivity contribution >= 4 is 6.29 Å². The molecule has 0 saturated carbocycles. The molecule has 0 aromatic heterocycles. The van der Waals surface area contributed by atoms with Crippen LogP contribution in [-0.2, 0) is 0 Å². The zero-order chi connectivity index (χ0) is 8.43. The largest absolute Gasteiger partial charge is 1.00 e. The molecule has 0 aliphatic heterocycles. The molecule has 4 nitrogen and oxygen atoms in total. The van der Waals surface area contributed by atoms with Gasteiger partial charge >= 0.3 is 58.2 Å². The number of hydrogen-bond acceptors (Lipinski definition) is 4. The van der Waals surface area contributed by atoms with Crippen molar-refractivity contribution in [3.63, 3.8) is 0 Å². The number of phenols is 2. The molecule has 1 rings (SSSR count). The molecule has 0 atom stereocenters. The van der Waals surface area contributed by atoms with Crippen LogP contribution in [0.4, 0.5) is 0 Å². The quantitative estimate of drug-likeness (QED) is 0.403. The Hall–Kier alpha value is 0.0952. The fourth-order valence-electron chi connectivity index (χ4n) is 0.682. The van der Waals surface area contributed by atoms with Gasteiger partial charge in [-0.2, -0.15) is 0 Å². The molecule has 0 heterocycles. The minimum absolute atomic E-state index is 0. The Bertz CT molecular complexity index is 274. The van der Waals surface area contributed by atoms with Crippen LogP contribution in [0.25, 0.3) is 0 Å². The number of carbonyl (C=O) groups is 1. The second-order valence-electron chi connectivity index (χ2n) is 2.00. The predicted molar refractivity (Wildman–Crippen MR) is 34.6 cm³/mol. The van der Waals surface area contributed by atoms with E-state index in [1.807, 2.05) is 0 Å². The summed E-state index contributed by atoms with van der Waals surface area (Å²) in [5, 5.41) is 28.2. The molecule has 1 aromatic rings. The first-order valence-corrected chi connectivity index (χ1v) is 2.83. The molecule has 1 aromatic carbocycles. The third-order valence-corrected chi connectivity index (χ3v) is 1.21. The van der Waals surface area contributed by atoms with Gasteiger partial charge < -0.3 is 15.3 Å². The molecule has 0 amide bonds. The van der Waals surface area contributed by atoms with Crippen LogP contribution in [-0.4, -0.2) is 16.5 Å². The van der Waals surface area contributed by atoms with Crippen LogP contribution in [0.2, 0.25) is 0 Å². The Morgan fingerprint density at radius 1 is 1.33 bits per heavy atom. The average molecular weight is 239 g/mol. The number of aldehydes is 1. The van der Waals surface area contributed by atoms with Gasteiger partial charge in [0.2, 0.25) is 0 Å². The SMILES string of the molecule is O=Cc1cc([O-])c(O)c(O)c1.[Rb+]. The Kier molecular flexibility index (Phi) is 5.00. The first kappa shape index (κ1) is 12.1. The van der Waals surface area contributed by atoms with Crippen molar-refractivity contribution in [3.05, 3.63) is 17.7 Å².